The lowest BCUT2D eigenvalue weighted by Gasteiger charge is -2.13. The number of rotatable bonds is 4. The highest BCUT2D eigenvalue weighted by Gasteiger charge is 2.12. The molecule has 0 saturated carbocycles. The Bertz CT molecular complexity index is 323. The zero-order chi connectivity index (χ0) is 11.4. The molecule has 0 saturated heterocycles. The standard InChI is InChI=1S/C12H18FNS/c1-8(2)7-15-12-10(9(3)14)5-4-6-11(12)13/h4-6,8-9H,7,14H2,1-3H3/t9-/m1/s1. The number of nitrogens with two attached hydrogens (primary N) is 1. The van der Waals surface area contributed by atoms with Gasteiger partial charge in [0, 0.05) is 16.7 Å². The Morgan fingerprint density at radius 3 is 2.53 bits per heavy atom. The summed E-state index contributed by atoms with van der Waals surface area (Å²) in [7, 11) is 0. The largest absolute Gasteiger partial charge is 0.324 e. The van der Waals surface area contributed by atoms with Gasteiger partial charge < -0.3 is 5.73 Å². The average molecular weight is 227 g/mol. The molecule has 0 unspecified atom stereocenters. The summed E-state index contributed by atoms with van der Waals surface area (Å²) in [5.74, 6) is 1.31. The van der Waals surface area contributed by atoms with E-state index in [4.69, 9.17) is 5.73 Å². The smallest absolute Gasteiger partial charge is 0.137 e. The van der Waals surface area contributed by atoms with Crippen molar-refractivity contribution < 1.29 is 4.39 Å². The predicted octanol–water partition coefficient (Wildman–Crippen LogP) is 3.59. The van der Waals surface area contributed by atoms with Crippen molar-refractivity contribution in [2.75, 3.05) is 5.75 Å². The maximum atomic E-state index is 13.6. The van der Waals surface area contributed by atoms with Crippen molar-refractivity contribution in [3.8, 4) is 0 Å². The van der Waals surface area contributed by atoms with Crippen molar-refractivity contribution in [2.24, 2.45) is 11.7 Å². The summed E-state index contributed by atoms with van der Waals surface area (Å²) in [5.41, 5.74) is 6.71. The molecule has 1 nitrogen and oxygen atoms in total. The van der Waals surface area contributed by atoms with E-state index < -0.39 is 0 Å². The summed E-state index contributed by atoms with van der Waals surface area (Å²) >= 11 is 1.56. The quantitative estimate of drug-likeness (QED) is 0.795. The van der Waals surface area contributed by atoms with Gasteiger partial charge in [0.1, 0.15) is 5.82 Å². The fourth-order valence-electron chi connectivity index (χ4n) is 1.29. The average Bonchev–Trinajstić information content (AvgIpc) is 2.15. The summed E-state index contributed by atoms with van der Waals surface area (Å²) in [6.45, 7) is 6.13. The Kier molecular flexibility index (Phi) is 4.61. The van der Waals surface area contributed by atoms with E-state index >= 15 is 0 Å². The molecule has 0 amide bonds. The highest BCUT2D eigenvalue weighted by Crippen LogP contribution is 2.30. The van der Waals surface area contributed by atoms with Crippen molar-refractivity contribution in [3.63, 3.8) is 0 Å². The fourth-order valence-corrected chi connectivity index (χ4v) is 2.41. The molecule has 3 heteroatoms. The fraction of sp³-hybridized carbons (Fsp3) is 0.500. The second kappa shape index (κ2) is 5.52. The van der Waals surface area contributed by atoms with Crippen LogP contribution < -0.4 is 5.73 Å². The molecule has 0 spiro atoms. The van der Waals surface area contributed by atoms with Gasteiger partial charge in [-0.05, 0) is 24.5 Å². The maximum absolute atomic E-state index is 13.6. The van der Waals surface area contributed by atoms with Crippen LogP contribution in [0, 0.1) is 11.7 Å². The lowest BCUT2D eigenvalue weighted by atomic mass is 10.1. The van der Waals surface area contributed by atoms with E-state index in [0.717, 1.165) is 11.3 Å². The minimum absolute atomic E-state index is 0.115. The molecule has 2 N–H and O–H groups in total. The first-order valence-electron chi connectivity index (χ1n) is 5.19. The van der Waals surface area contributed by atoms with Gasteiger partial charge in [0.25, 0.3) is 0 Å². The Labute approximate surface area is 95.2 Å². The molecule has 0 bridgehead atoms. The van der Waals surface area contributed by atoms with Crippen molar-refractivity contribution >= 4 is 11.8 Å². The van der Waals surface area contributed by atoms with Gasteiger partial charge in [-0.25, -0.2) is 4.39 Å². The number of halogens is 1. The van der Waals surface area contributed by atoms with Gasteiger partial charge in [-0.2, -0.15) is 0 Å². The van der Waals surface area contributed by atoms with Crippen LogP contribution >= 0.6 is 11.8 Å². The SMILES string of the molecule is CC(C)CSc1c(F)cccc1[C@@H](C)N. The zero-order valence-corrected chi connectivity index (χ0v) is 10.3. The maximum Gasteiger partial charge on any atom is 0.137 e. The summed E-state index contributed by atoms with van der Waals surface area (Å²) in [6.07, 6.45) is 0. The van der Waals surface area contributed by atoms with Gasteiger partial charge >= 0.3 is 0 Å². The Hall–Kier alpha value is -0.540. The van der Waals surface area contributed by atoms with Crippen LogP contribution in [0.2, 0.25) is 0 Å². The minimum atomic E-state index is -0.157. The molecule has 84 valence electrons. The van der Waals surface area contributed by atoms with Crippen molar-refractivity contribution in [1.82, 2.24) is 0 Å². The van der Waals surface area contributed by atoms with Gasteiger partial charge in [-0.1, -0.05) is 26.0 Å². The van der Waals surface area contributed by atoms with Crippen LogP contribution in [-0.4, -0.2) is 5.75 Å². The van der Waals surface area contributed by atoms with Crippen molar-refractivity contribution in [1.29, 1.82) is 0 Å². The van der Waals surface area contributed by atoms with E-state index in [2.05, 4.69) is 13.8 Å². The zero-order valence-electron chi connectivity index (χ0n) is 9.46. The monoisotopic (exact) mass is 227 g/mol. The molecule has 1 aromatic carbocycles. The van der Waals surface area contributed by atoms with E-state index in [1.807, 2.05) is 13.0 Å². The first kappa shape index (κ1) is 12.5. The van der Waals surface area contributed by atoms with Gasteiger partial charge in [-0.15, -0.1) is 11.8 Å². The van der Waals surface area contributed by atoms with E-state index in [1.54, 1.807) is 17.8 Å². The lowest BCUT2D eigenvalue weighted by molar-refractivity contribution is 0.591. The molecule has 0 fully saturated rings. The van der Waals surface area contributed by atoms with E-state index in [-0.39, 0.29) is 11.9 Å². The molecule has 0 aromatic heterocycles. The molecule has 0 aliphatic rings. The first-order valence-corrected chi connectivity index (χ1v) is 6.17. The van der Waals surface area contributed by atoms with Crippen molar-refractivity contribution in [2.45, 2.75) is 31.7 Å². The number of hydrogen-bond donors (Lipinski definition) is 1. The number of hydrogen-bond acceptors (Lipinski definition) is 2. The minimum Gasteiger partial charge on any atom is -0.324 e. The van der Waals surface area contributed by atoms with Crippen LogP contribution in [0.1, 0.15) is 32.4 Å². The highest BCUT2D eigenvalue weighted by atomic mass is 32.2. The molecule has 0 heterocycles. The third-order valence-electron chi connectivity index (χ3n) is 2.05. The molecule has 0 aliphatic heterocycles. The molecule has 15 heavy (non-hydrogen) atoms. The summed E-state index contributed by atoms with van der Waals surface area (Å²) in [6, 6.07) is 4.99. The Morgan fingerprint density at radius 2 is 2.00 bits per heavy atom. The molecule has 1 atom stereocenters. The lowest BCUT2D eigenvalue weighted by Crippen LogP contribution is -2.08. The van der Waals surface area contributed by atoms with Crippen LogP contribution in [0.4, 0.5) is 4.39 Å². The molecule has 0 aliphatic carbocycles. The third kappa shape index (κ3) is 3.50. The Morgan fingerprint density at radius 1 is 1.33 bits per heavy atom. The van der Waals surface area contributed by atoms with Crippen molar-refractivity contribution in [3.05, 3.63) is 29.6 Å². The molecular formula is C12H18FNS. The highest BCUT2D eigenvalue weighted by molar-refractivity contribution is 7.99. The van der Waals surface area contributed by atoms with Crippen LogP contribution in [0.15, 0.2) is 23.1 Å². The van der Waals surface area contributed by atoms with Crippen LogP contribution in [-0.2, 0) is 0 Å². The summed E-state index contributed by atoms with van der Waals surface area (Å²) in [4.78, 5) is 0.709. The van der Waals surface area contributed by atoms with Crippen LogP contribution in [0.5, 0.6) is 0 Å². The molecule has 0 radical (unpaired) electrons. The van der Waals surface area contributed by atoms with Gasteiger partial charge in [-0.3, -0.25) is 0 Å². The third-order valence-corrected chi connectivity index (χ3v) is 3.60. The van der Waals surface area contributed by atoms with Gasteiger partial charge in [0.05, 0.1) is 0 Å². The van der Waals surface area contributed by atoms with Gasteiger partial charge in [0.2, 0.25) is 0 Å². The van der Waals surface area contributed by atoms with Crippen LogP contribution in [0.3, 0.4) is 0 Å². The predicted molar refractivity (Wildman–Crippen MR) is 64.6 cm³/mol. The van der Waals surface area contributed by atoms with E-state index in [0.29, 0.717) is 10.8 Å². The van der Waals surface area contributed by atoms with Gasteiger partial charge in [0.15, 0.2) is 0 Å². The first-order chi connectivity index (χ1) is 7.02. The molecule has 1 rings (SSSR count). The topological polar surface area (TPSA) is 26.0 Å². The normalized spacial score (nSPS) is 13.2. The summed E-state index contributed by atoms with van der Waals surface area (Å²) < 4.78 is 13.6. The second-order valence-corrected chi connectivity index (χ2v) is 5.18. The summed E-state index contributed by atoms with van der Waals surface area (Å²) in [5, 5.41) is 0. The molecular weight excluding hydrogens is 209 g/mol. The van der Waals surface area contributed by atoms with E-state index in [1.165, 1.54) is 6.07 Å². The second-order valence-electron chi connectivity index (χ2n) is 4.15. The van der Waals surface area contributed by atoms with Crippen LogP contribution in [0.25, 0.3) is 0 Å². The van der Waals surface area contributed by atoms with E-state index in [9.17, 15) is 4.39 Å². The number of benzene rings is 1. The number of thioether (sulfide) groups is 1. The Balaban J connectivity index is 2.92. The molecule has 1 aromatic rings.